The average Bonchev–Trinajstić information content (AvgIpc) is 3.45. The average molecular weight is 605 g/mol. The van der Waals surface area contributed by atoms with Crippen LogP contribution in [0.15, 0.2) is 53.6 Å². The predicted octanol–water partition coefficient (Wildman–Crippen LogP) is 6.47. The Morgan fingerprint density at radius 2 is 1.83 bits per heavy atom. The van der Waals surface area contributed by atoms with E-state index in [-0.39, 0.29) is 44.9 Å². The highest BCUT2D eigenvalue weighted by molar-refractivity contribution is 7.14. The van der Waals surface area contributed by atoms with E-state index in [1.165, 1.54) is 48.3 Å². The maximum absolute atomic E-state index is 13.4. The molecule has 8 nitrogen and oxygen atoms in total. The second-order valence-electron chi connectivity index (χ2n) is 9.00. The smallest absolute Gasteiger partial charge is 0.445 e. The van der Waals surface area contributed by atoms with Gasteiger partial charge in [0.15, 0.2) is 11.6 Å². The van der Waals surface area contributed by atoms with Gasteiger partial charge in [0.05, 0.1) is 19.3 Å². The predicted molar refractivity (Wildman–Crippen MR) is 149 cm³/mol. The monoisotopic (exact) mass is 604 g/mol. The number of hydrogen-bond acceptors (Lipinski definition) is 8. The molecule has 1 unspecified atom stereocenters. The van der Waals surface area contributed by atoms with Crippen LogP contribution in [-0.4, -0.2) is 38.4 Å². The normalized spacial score (nSPS) is 12.3. The quantitative estimate of drug-likeness (QED) is 0.191. The summed E-state index contributed by atoms with van der Waals surface area (Å²) in [6.45, 7) is 3.50. The van der Waals surface area contributed by atoms with Gasteiger partial charge in [0.1, 0.15) is 16.5 Å². The van der Waals surface area contributed by atoms with E-state index in [9.17, 15) is 27.6 Å². The van der Waals surface area contributed by atoms with E-state index in [4.69, 9.17) is 16.3 Å². The summed E-state index contributed by atoms with van der Waals surface area (Å²) < 4.78 is 46.3. The number of alkyl halides is 3. The number of pyridine rings is 2. The molecule has 0 N–H and O–H groups in total. The van der Waals surface area contributed by atoms with Crippen LogP contribution in [-0.2, 0) is 17.4 Å². The van der Waals surface area contributed by atoms with E-state index in [0.717, 1.165) is 0 Å². The summed E-state index contributed by atoms with van der Waals surface area (Å²) in [7, 11) is 1.37. The number of ether oxygens (including phenoxy) is 1. The van der Waals surface area contributed by atoms with Gasteiger partial charge in [0.2, 0.25) is 5.01 Å². The number of methoxy groups -OCH3 is 1. The minimum atomic E-state index is -4.66. The molecule has 1 atom stereocenters. The molecule has 41 heavy (non-hydrogen) atoms. The Bertz CT molecular complexity index is 1650. The Labute approximate surface area is 241 Å². The lowest BCUT2D eigenvalue weighted by atomic mass is 9.99. The van der Waals surface area contributed by atoms with Crippen LogP contribution in [0.5, 0.6) is 5.75 Å². The van der Waals surface area contributed by atoms with Crippen LogP contribution in [0.4, 0.5) is 13.2 Å². The largest absolute Gasteiger partial charge is 0.495 e. The molecular formula is C28H24ClF3N4O4S. The van der Waals surface area contributed by atoms with Gasteiger partial charge < -0.3 is 9.30 Å². The van der Waals surface area contributed by atoms with Crippen molar-refractivity contribution in [2.45, 2.75) is 45.3 Å². The first-order valence-corrected chi connectivity index (χ1v) is 13.7. The van der Waals surface area contributed by atoms with Gasteiger partial charge in [-0.15, -0.1) is 10.2 Å². The number of carbonyl (C=O) groups excluding carboxylic acids is 2. The van der Waals surface area contributed by atoms with Crippen LogP contribution < -0.4 is 10.3 Å². The van der Waals surface area contributed by atoms with Crippen LogP contribution in [0.2, 0.25) is 5.02 Å². The van der Waals surface area contributed by atoms with Gasteiger partial charge in [-0.1, -0.05) is 42.9 Å². The highest BCUT2D eigenvalue weighted by Gasteiger charge is 2.36. The summed E-state index contributed by atoms with van der Waals surface area (Å²) in [6, 6.07) is 8.13. The van der Waals surface area contributed by atoms with E-state index >= 15 is 0 Å². The van der Waals surface area contributed by atoms with E-state index in [1.54, 1.807) is 26.0 Å². The van der Waals surface area contributed by atoms with Crippen molar-refractivity contribution in [2.24, 2.45) is 0 Å². The second kappa shape index (κ2) is 12.3. The zero-order valence-electron chi connectivity index (χ0n) is 22.2. The van der Waals surface area contributed by atoms with Crippen molar-refractivity contribution in [2.75, 3.05) is 7.11 Å². The number of aromatic nitrogens is 4. The van der Waals surface area contributed by atoms with Gasteiger partial charge in [-0.25, -0.2) is 0 Å². The molecule has 3 aromatic heterocycles. The third kappa shape index (κ3) is 6.54. The highest BCUT2D eigenvalue weighted by atomic mass is 35.5. The first kappa shape index (κ1) is 30.1. The van der Waals surface area contributed by atoms with Crippen LogP contribution >= 0.6 is 22.9 Å². The zero-order valence-corrected chi connectivity index (χ0v) is 23.7. The summed E-state index contributed by atoms with van der Waals surface area (Å²) in [6.07, 6.45) is -1.19. The molecule has 0 saturated heterocycles. The minimum Gasteiger partial charge on any atom is -0.495 e. The summed E-state index contributed by atoms with van der Waals surface area (Å²) in [5.41, 5.74) is 1.24. The van der Waals surface area contributed by atoms with Crippen molar-refractivity contribution in [3.63, 3.8) is 0 Å². The lowest BCUT2D eigenvalue weighted by Gasteiger charge is -2.20. The fourth-order valence-corrected chi connectivity index (χ4v) is 5.21. The van der Waals surface area contributed by atoms with Crippen molar-refractivity contribution in [3.05, 3.63) is 80.4 Å². The number of hydrogen-bond donors (Lipinski definition) is 0. The molecule has 1 aromatic carbocycles. The van der Waals surface area contributed by atoms with E-state index < -0.39 is 22.8 Å². The third-order valence-corrected chi connectivity index (χ3v) is 7.57. The number of carbonyl (C=O) groups is 2. The number of rotatable bonds is 10. The van der Waals surface area contributed by atoms with Crippen LogP contribution in [0, 0.1) is 0 Å². The maximum atomic E-state index is 13.4. The lowest BCUT2D eigenvalue weighted by molar-refractivity contribution is -0.138. The van der Waals surface area contributed by atoms with E-state index in [0.29, 0.717) is 41.0 Å². The van der Waals surface area contributed by atoms with Gasteiger partial charge in [-0.2, -0.15) is 13.2 Å². The van der Waals surface area contributed by atoms with Crippen LogP contribution in [0.1, 0.15) is 53.8 Å². The standard InChI is InChI=1S/C28H24ClF3N4O4S/c1-4-21(23(38)10-15-6-9-20(33-13-15)22(37)5-2)36-14-24(40-3)19(12-25(36)39)18-11-16(29)7-8-17(18)26-34-35-27(41-26)28(30,31)32/h6-9,11-14,21H,4-5,10H2,1-3H3. The van der Waals surface area contributed by atoms with E-state index in [1.807, 2.05) is 0 Å². The van der Waals surface area contributed by atoms with Crippen molar-refractivity contribution in [1.29, 1.82) is 0 Å². The molecule has 0 aliphatic rings. The third-order valence-electron chi connectivity index (χ3n) is 6.34. The van der Waals surface area contributed by atoms with Gasteiger partial charge in [0, 0.05) is 41.3 Å². The highest BCUT2D eigenvalue weighted by Crippen LogP contribution is 2.41. The topological polar surface area (TPSA) is 104 Å². The Morgan fingerprint density at radius 3 is 2.41 bits per heavy atom. The first-order chi connectivity index (χ1) is 19.5. The van der Waals surface area contributed by atoms with Gasteiger partial charge >= 0.3 is 6.18 Å². The van der Waals surface area contributed by atoms with Crippen molar-refractivity contribution < 1.29 is 27.5 Å². The number of halogens is 4. The fourth-order valence-electron chi connectivity index (χ4n) is 4.29. The van der Waals surface area contributed by atoms with E-state index in [2.05, 4.69) is 15.2 Å². The molecule has 13 heteroatoms. The number of ketones is 2. The number of Topliss-reactive ketones (excluding diaryl/α,β-unsaturated/α-hetero) is 2. The molecule has 0 aliphatic carbocycles. The Morgan fingerprint density at radius 1 is 1.07 bits per heavy atom. The molecular weight excluding hydrogens is 581 g/mol. The van der Waals surface area contributed by atoms with Crippen LogP contribution in [0.25, 0.3) is 21.7 Å². The Hall–Kier alpha value is -3.90. The molecule has 4 rings (SSSR count). The van der Waals surface area contributed by atoms with Gasteiger partial charge in [0.25, 0.3) is 5.56 Å². The molecule has 0 spiro atoms. The summed E-state index contributed by atoms with van der Waals surface area (Å²) in [5, 5.41) is 6.11. The lowest BCUT2D eigenvalue weighted by Crippen LogP contribution is -2.30. The Balaban J connectivity index is 1.71. The molecule has 214 valence electrons. The molecule has 0 amide bonds. The Kier molecular flexibility index (Phi) is 9.03. The van der Waals surface area contributed by atoms with Gasteiger partial charge in [-0.05, 0) is 41.8 Å². The molecule has 3 heterocycles. The van der Waals surface area contributed by atoms with Crippen molar-refractivity contribution in [1.82, 2.24) is 19.7 Å². The summed E-state index contributed by atoms with van der Waals surface area (Å²) in [5.74, 6) is -0.162. The first-order valence-electron chi connectivity index (χ1n) is 12.5. The zero-order chi connectivity index (χ0) is 29.9. The second-order valence-corrected chi connectivity index (χ2v) is 10.4. The fraction of sp³-hybridized carbons (Fsp3) is 0.286. The van der Waals surface area contributed by atoms with Crippen molar-refractivity contribution >= 4 is 34.5 Å². The maximum Gasteiger partial charge on any atom is 0.445 e. The molecule has 0 fully saturated rings. The molecule has 4 aromatic rings. The van der Waals surface area contributed by atoms with Gasteiger partial charge in [-0.3, -0.25) is 19.4 Å². The summed E-state index contributed by atoms with van der Waals surface area (Å²) >= 11 is 6.58. The molecule has 0 radical (unpaired) electrons. The SMILES string of the molecule is CCC(=O)c1ccc(CC(=O)C(CC)n2cc(OC)c(-c3cc(Cl)ccc3-c3nnc(C(F)(F)F)s3)cc2=O)cn1. The molecule has 0 bridgehead atoms. The summed E-state index contributed by atoms with van der Waals surface area (Å²) in [4.78, 5) is 42.6. The minimum absolute atomic E-state index is 0.0142. The molecule has 0 aliphatic heterocycles. The van der Waals surface area contributed by atoms with Crippen LogP contribution in [0.3, 0.4) is 0 Å². The molecule has 0 saturated carbocycles. The van der Waals surface area contributed by atoms with Crippen molar-refractivity contribution in [3.8, 4) is 27.4 Å². The number of benzene rings is 1. The number of nitrogens with zero attached hydrogens (tertiary/aromatic N) is 4.